The van der Waals surface area contributed by atoms with E-state index in [-0.39, 0.29) is 10.9 Å². The fourth-order valence-corrected chi connectivity index (χ4v) is 4.36. The van der Waals surface area contributed by atoms with Gasteiger partial charge in [-0.3, -0.25) is 4.98 Å². The molecule has 1 fully saturated rings. The summed E-state index contributed by atoms with van der Waals surface area (Å²) in [6, 6.07) is 1.61. The zero-order chi connectivity index (χ0) is 13.9. The lowest BCUT2D eigenvalue weighted by Gasteiger charge is -2.22. The molecule has 1 heterocycles. The van der Waals surface area contributed by atoms with Crippen molar-refractivity contribution in [2.45, 2.75) is 50.0 Å². The summed E-state index contributed by atoms with van der Waals surface area (Å²) < 4.78 is 28.2. The lowest BCUT2D eigenvalue weighted by molar-refractivity contribution is 0.399. The van der Waals surface area contributed by atoms with Crippen molar-refractivity contribution in [1.29, 1.82) is 0 Å². The van der Waals surface area contributed by atoms with Gasteiger partial charge in [0.25, 0.3) is 0 Å². The molecular weight excluding hydrogens is 328 g/mol. The molecule has 2 rings (SSSR count). The molecule has 4 nitrogen and oxygen atoms in total. The van der Waals surface area contributed by atoms with Crippen molar-refractivity contribution in [3.63, 3.8) is 0 Å². The summed E-state index contributed by atoms with van der Waals surface area (Å²) >= 11 is 3.25. The van der Waals surface area contributed by atoms with Crippen LogP contribution in [0, 0.1) is 5.92 Å². The summed E-state index contributed by atoms with van der Waals surface area (Å²) in [6.07, 6.45) is 8.45. The second kappa shape index (κ2) is 6.33. The minimum Gasteiger partial charge on any atom is -0.262 e. The van der Waals surface area contributed by atoms with E-state index in [9.17, 15) is 8.42 Å². The van der Waals surface area contributed by atoms with Crippen molar-refractivity contribution in [2.24, 2.45) is 5.92 Å². The Labute approximate surface area is 123 Å². The Balaban J connectivity index is 2.16. The smallest absolute Gasteiger partial charge is 0.242 e. The van der Waals surface area contributed by atoms with Gasteiger partial charge in [0.05, 0.1) is 0 Å². The van der Waals surface area contributed by atoms with E-state index in [1.54, 1.807) is 12.3 Å². The fourth-order valence-electron chi connectivity index (χ4n) is 2.47. The summed E-state index contributed by atoms with van der Waals surface area (Å²) in [5.41, 5.74) is 0. The third-order valence-electron chi connectivity index (χ3n) is 3.66. The normalized spacial score (nSPS) is 24.9. The summed E-state index contributed by atoms with van der Waals surface area (Å²) in [7, 11) is -3.47. The van der Waals surface area contributed by atoms with Crippen LogP contribution in [0.25, 0.3) is 0 Å². The van der Waals surface area contributed by atoms with E-state index in [0.717, 1.165) is 19.3 Å². The van der Waals surface area contributed by atoms with E-state index in [1.807, 2.05) is 0 Å². The van der Waals surface area contributed by atoms with E-state index < -0.39 is 10.0 Å². The number of rotatable bonds is 3. The number of nitrogens with zero attached hydrogens (tertiary/aromatic N) is 1. The maximum atomic E-state index is 12.3. The highest BCUT2D eigenvalue weighted by molar-refractivity contribution is 9.10. The second-order valence-electron chi connectivity index (χ2n) is 5.18. The van der Waals surface area contributed by atoms with Crippen molar-refractivity contribution in [1.82, 2.24) is 9.71 Å². The number of halogens is 1. The number of nitrogens with one attached hydrogen (secondary N) is 1. The first-order valence-electron chi connectivity index (χ1n) is 6.62. The molecule has 0 aromatic carbocycles. The van der Waals surface area contributed by atoms with Gasteiger partial charge in [-0.25, -0.2) is 13.1 Å². The molecule has 2 unspecified atom stereocenters. The maximum absolute atomic E-state index is 12.3. The molecule has 2 atom stereocenters. The van der Waals surface area contributed by atoms with Crippen LogP contribution in [0.4, 0.5) is 0 Å². The molecule has 0 bridgehead atoms. The molecule has 6 heteroatoms. The Morgan fingerprint density at radius 1 is 1.26 bits per heavy atom. The average molecular weight is 347 g/mol. The van der Waals surface area contributed by atoms with Gasteiger partial charge < -0.3 is 0 Å². The molecule has 19 heavy (non-hydrogen) atoms. The van der Waals surface area contributed by atoms with Crippen molar-refractivity contribution in [3.05, 3.63) is 22.9 Å². The van der Waals surface area contributed by atoms with Crippen molar-refractivity contribution >= 4 is 26.0 Å². The molecule has 1 saturated carbocycles. The molecule has 0 spiro atoms. The van der Waals surface area contributed by atoms with Crippen LogP contribution in [0.15, 0.2) is 27.8 Å². The highest BCUT2D eigenvalue weighted by Gasteiger charge is 2.26. The number of hydrogen-bond acceptors (Lipinski definition) is 3. The van der Waals surface area contributed by atoms with Crippen LogP contribution in [0.3, 0.4) is 0 Å². The van der Waals surface area contributed by atoms with Crippen molar-refractivity contribution < 1.29 is 8.42 Å². The molecule has 106 valence electrons. The minimum atomic E-state index is -3.47. The van der Waals surface area contributed by atoms with Gasteiger partial charge in [-0.1, -0.05) is 26.2 Å². The molecule has 1 aliphatic carbocycles. The number of hydrogen-bond donors (Lipinski definition) is 1. The summed E-state index contributed by atoms with van der Waals surface area (Å²) in [4.78, 5) is 4.14. The van der Waals surface area contributed by atoms with E-state index in [0.29, 0.717) is 10.4 Å². The van der Waals surface area contributed by atoms with E-state index in [2.05, 4.69) is 32.6 Å². The zero-order valence-corrected chi connectivity index (χ0v) is 13.4. The van der Waals surface area contributed by atoms with Gasteiger partial charge in [0.15, 0.2) is 0 Å². The van der Waals surface area contributed by atoms with Crippen molar-refractivity contribution in [2.75, 3.05) is 0 Å². The topological polar surface area (TPSA) is 59.1 Å². The van der Waals surface area contributed by atoms with E-state index >= 15 is 0 Å². The third-order valence-corrected chi connectivity index (χ3v) is 5.55. The first-order valence-corrected chi connectivity index (χ1v) is 8.89. The Morgan fingerprint density at radius 2 is 2.00 bits per heavy atom. The number of pyridine rings is 1. The largest absolute Gasteiger partial charge is 0.262 e. The molecule has 0 amide bonds. The molecule has 1 aromatic heterocycles. The first kappa shape index (κ1) is 14.9. The summed E-state index contributed by atoms with van der Waals surface area (Å²) in [5.74, 6) is 0.386. The predicted molar refractivity (Wildman–Crippen MR) is 78.3 cm³/mol. The van der Waals surface area contributed by atoms with Crippen LogP contribution in [0.2, 0.25) is 0 Å². The van der Waals surface area contributed by atoms with Gasteiger partial charge in [-0.05, 0) is 40.8 Å². The van der Waals surface area contributed by atoms with Crippen molar-refractivity contribution in [3.8, 4) is 0 Å². The van der Waals surface area contributed by atoms with E-state index in [1.165, 1.54) is 19.0 Å². The van der Waals surface area contributed by atoms with Gasteiger partial charge in [-0.2, -0.15) is 0 Å². The van der Waals surface area contributed by atoms with Gasteiger partial charge >= 0.3 is 0 Å². The monoisotopic (exact) mass is 346 g/mol. The third kappa shape index (κ3) is 4.00. The molecular formula is C13H19BrN2O2S. The SMILES string of the molecule is CC1CCCCCC1NS(=O)(=O)c1cncc(Br)c1. The van der Waals surface area contributed by atoms with Gasteiger partial charge in [-0.15, -0.1) is 0 Å². The number of aromatic nitrogens is 1. The van der Waals surface area contributed by atoms with Crippen LogP contribution in [0.1, 0.15) is 39.0 Å². The van der Waals surface area contributed by atoms with Crippen LogP contribution in [0.5, 0.6) is 0 Å². The van der Waals surface area contributed by atoms with Crippen LogP contribution < -0.4 is 4.72 Å². The fraction of sp³-hybridized carbons (Fsp3) is 0.615. The zero-order valence-electron chi connectivity index (χ0n) is 11.0. The molecule has 1 N–H and O–H groups in total. The van der Waals surface area contributed by atoms with Gasteiger partial charge in [0.1, 0.15) is 4.90 Å². The first-order chi connectivity index (χ1) is 8.99. The highest BCUT2D eigenvalue weighted by Crippen LogP contribution is 2.24. The summed E-state index contributed by atoms with van der Waals surface area (Å²) in [6.45, 7) is 2.12. The lowest BCUT2D eigenvalue weighted by Crippen LogP contribution is -2.38. The van der Waals surface area contributed by atoms with Gasteiger partial charge in [0.2, 0.25) is 10.0 Å². The minimum absolute atomic E-state index is 0.0338. The Morgan fingerprint density at radius 3 is 2.74 bits per heavy atom. The van der Waals surface area contributed by atoms with Gasteiger partial charge in [0, 0.05) is 22.9 Å². The molecule has 1 aromatic rings. The molecule has 0 radical (unpaired) electrons. The molecule has 1 aliphatic rings. The standard InChI is InChI=1S/C13H19BrN2O2S/c1-10-5-3-2-4-6-13(10)16-19(17,18)12-7-11(14)8-15-9-12/h7-10,13,16H,2-6H2,1H3. The van der Waals surface area contributed by atoms with Crippen LogP contribution in [-0.4, -0.2) is 19.4 Å². The van der Waals surface area contributed by atoms with Crippen LogP contribution in [-0.2, 0) is 10.0 Å². The lowest BCUT2D eigenvalue weighted by atomic mass is 9.98. The number of sulfonamides is 1. The average Bonchev–Trinajstić information content (AvgIpc) is 2.55. The quantitative estimate of drug-likeness (QED) is 0.855. The highest BCUT2D eigenvalue weighted by atomic mass is 79.9. The Kier molecular flexibility index (Phi) is 4.97. The van der Waals surface area contributed by atoms with E-state index in [4.69, 9.17) is 0 Å². The molecule has 0 aliphatic heterocycles. The molecule has 0 saturated heterocycles. The Hall–Kier alpha value is -0.460. The van der Waals surface area contributed by atoms with Crippen LogP contribution >= 0.6 is 15.9 Å². The second-order valence-corrected chi connectivity index (χ2v) is 7.81. The summed E-state index contributed by atoms with van der Waals surface area (Å²) in [5, 5.41) is 0. The maximum Gasteiger partial charge on any atom is 0.242 e. The predicted octanol–water partition coefficient (Wildman–Crippen LogP) is 3.09. The Bertz CT molecular complexity index is 533.